The van der Waals surface area contributed by atoms with Crippen LogP contribution in [0.4, 0.5) is 0 Å². The number of halogens is 1. The number of nitrogens with zero attached hydrogens (tertiary/aromatic N) is 2. The molecule has 21 heavy (non-hydrogen) atoms. The molecule has 0 amide bonds. The molecule has 2 aromatic rings. The monoisotopic (exact) mass is 320 g/mol. The van der Waals surface area contributed by atoms with Crippen LogP contribution in [-0.2, 0) is 0 Å². The summed E-state index contributed by atoms with van der Waals surface area (Å²) in [6.07, 6.45) is 1.76. The van der Waals surface area contributed by atoms with Crippen molar-refractivity contribution in [3.05, 3.63) is 52.3 Å². The molecule has 1 heterocycles. The van der Waals surface area contributed by atoms with Gasteiger partial charge in [0, 0.05) is 34.7 Å². The van der Waals surface area contributed by atoms with E-state index in [4.69, 9.17) is 23.8 Å². The standard InChI is InChI=1S/C15H17ClN4S/c1-10-8-12(9-18-19-15(21)17-3)11(2)20(10)14-6-4-13(16)5-7-14/h4-9H,1-3H3,(H2,17,19,21)/b18-9+. The third-order valence-electron chi connectivity index (χ3n) is 3.15. The molecule has 0 atom stereocenters. The van der Waals surface area contributed by atoms with E-state index >= 15 is 0 Å². The Balaban J connectivity index is 2.29. The fourth-order valence-electron chi connectivity index (χ4n) is 2.12. The van der Waals surface area contributed by atoms with Crippen LogP contribution in [0.2, 0.25) is 5.02 Å². The Bertz CT molecular complexity index is 674. The maximum atomic E-state index is 5.94. The van der Waals surface area contributed by atoms with Crippen LogP contribution >= 0.6 is 23.8 Å². The lowest BCUT2D eigenvalue weighted by atomic mass is 10.2. The summed E-state index contributed by atoms with van der Waals surface area (Å²) in [5.41, 5.74) is 7.10. The Hall–Kier alpha value is -1.85. The first-order valence-electron chi connectivity index (χ1n) is 6.48. The maximum absolute atomic E-state index is 5.94. The van der Waals surface area contributed by atoms with Crippen LogP contribution in [0.15, 0.2) is 35.4 Å². The average molecular weight is 321 g/mol. The molecule has 1 aromatic carbocycles. The Morgan fingerprint density at radius 2 is 1.95 bits per heavy atom. The molecule has 0 bridgehead atoms. The Morgan fingerprint density at radius 1 is 1.29 bits per heavy atom. The molecule has 0 aliphatic carbocycles. The van der Waals surface area contributed by atoms with E-state index in [1.807, 2.05) is 24.3 Å². The van der Waals surface area contributed by atoms with Crippen LogP contribution in [0.25, 0.3) is 5.69 Å². The van der Waals surface area contributed by atoms with Crippen molar-refractivity contribution < 1.29 is 0 Å². The van der Waals surface area contributed by atoms with Crippen LogP contribution in [-0.4, -0.2) is 22.9 Å². The minimum Gasteiger partial charge on any atom is -0.364 e. The third kappa shape index (κ3) is 3.62. The smallest absolute Gasteiger partial charge is 0.186 e. The van der Waals surface area contributed by atoms with Gasteiger partial charge in [0.1, 0.15) is 0 Å². The number of aromatic nitrogens is 1. The predicted molar refractivity (Wildman–Crippen MR) is 92.6 cm³/mol. The van der Waals surface area contributed by atoms with Crippen LogP contribution in [0.5, 0.6) is 0 Å². The minimum atomic E-state index is 0.484. The molecule has 6 heteroatoms. The van der Waals surface area contributed by atoms with Crippen LogP contribution < -0.4 is 10.7 Å². The summed E-state index contributed by atoms with van der Waals surface area (Å²) in [4.78, 5) is 0. The summed E-state index contributed by atoms with van der Waals surface area (Å²) >= 11 is 10.9. The second-order valence-electron chi connectivity index (χ2n) is 4.59. The van der Waals surface area contributed by atoms with E-state index in [0.29, 0.717) is 5.11 Å². The van der Waals surface area contributed by atoms with E-state index in [1.165, 1.54) is 0 Å². The second kappa shape index (κ2) is 6.74. The van der Waals surface area contributed by atoms with Gasteiger partial charge in [0.2, 0.25) is 0 Å². The molecule has 0 aliphatic heterocycles. The second-order valence-corrected chi connectivity index (χ2v) is 5.43. The fraction of sp³-hybridized carbons (Fsp3) is 0.200. The number of hydrogen-bond donors (Lipinski definition) is 2. The molecule has 0 saturated heterocycles. The Kier molecular flexibility index (Phi) is 4.98. The molecule has 110 valence electrons. The van der Waals surface area contributed by atoms with E-state index in [1.54, 1.807) is 13.3 Å². The van der Waals surface area contributed by atoms with Crippen molar-refractivity contribution in [2.45, 2.75) is 13.8 Å². The lowest BCUT2D eigenvalue weighted by Crippen LogP contribution is -2.28. The third-order valence-corrected chi connectivity index (χ3v) is 3.70. The molecule has 0 saturated carbocycles. The number of hydrazone groups is 1. The lowest BCUT2D eigenvalue weighted by Gasteiger charge is -2.09. The first kappa shape index (κ1) is 15.5. The molecular formula is C15H17ClN4S. The number of rotatable bonds is 3. The van der Waals surface area contributed by atoms with Gasteiger partial charge < -0.3 is 9.88 Å². The fourth-order valence-corrected chi connectivity index (χ4v) is 2.30. The highest BCUT2D eigenvalue weighted by molar-refractivity contribution is 7.80. The van der Waals surface area contributed by atoms with E-state index < -0.39 is 0 Å². The van der Waals surface area contributed by atoms with Gasteiger partial charge in [0.15, 0.2) is 5.11 Å². The van der Waals surface area contributed by atoms with Crippen molar-refractivity contribution in [3.63, 3.8) is 0 Å². The van der Waals surface area contributed by atoms with Gasteiger partial charge in [-0.1, -0.05) is 11.6 Å². The zero-order valence-corrected chi connectivity index (χ0v) is 13.7. The van der Waals surface area contributed by atoms with Gasteiger partial charge in [0.25, 0.3) is 0 Å². The van der Waals surface area contributed by atoms with Crippen LogP contribution in [0.3, 0.4) is 0 Å². The predicted octanol–water partition coefficient (Wildman–Crippen LogP) is 3.18. The van der Waals surface area contributed by atoms with E-state index in [9.17, 15) is 0 Å². The van der Waals surface area contributed by atoms with E-state index in [0.717, 1.165) is 27.7 Å². The summed E-state index contributed by atoms with van der Waals surface area (Å²) in [6.45, 7) is 4.12. The highest BCUT2D eigenvalue weighted by Gasteiger charge is 2.09. The molecule has 0 radical (unpaired) electrons. The number of hydrogen-bond acceptors (Lipinski definition) is 2. The summed E-state index contributed by atoms with van der Waals surface area (Å²) in [5, 5.41) is 8.14. The SMILES string of the molecule is CNC(=S)N/N=C/c1cc(C)n(-c2ccc(Cl)cc2)c1C. The molecule has 1 aromatic heterocycles. The molecular weight excluding hydrogens is 304 g/mol. The molecule has 0 unspecified atom stereocenters. The van der Waals surface area contributed by atoms with Gasteiger partial charge in [0.05, 0.1) is 6.21 Å². The van der Waals surface area contributed by atoms with Gasteiger partial charge in [-0.2, -0.15) is 5.10 Å². The average Bonchev–Trinajstić information content (AvgIpc) is 2.75. The Labute approximate surface area is 134 Å². The first-order valence-corrected chi connectivity index (χ1v) is 7.27. The van der Waals surface area contributed by atoms with Crippen molar-refractivity contribution in [3.8, 4) is 5.69 Å². The van der Waals surface area contributed by atoms with Crippen molar-refractivity contribution in [2.75, 3.05) is 7.05 Å². The van der Waals surface area contributed by atoms with Crippen molar-refractivity contribution in [1.29, 1.82) is 0 Å². The molecule has 2 rings (SSSR count). The Morgan fingerprint density at radius 3 is 2.57 bits per heavy atom. The van der Waals surface area contributed by atoms with Gasteiger partial charge in [-0.25, -0.2) is 0 Å². The van der Waals surface area contributed by atoms with Crippen LogP contribution in [0.1, 0.15) is 17.0 Å². The molecule has 0 fully saturated rings. The highest BCUT2D eigenvalue weighted by atomic mass is 35.5. The number of nitrogens with one attached hydrogen (secondary N) is 2. The van der Waals surface area contributed by atoms with Crippen molar-refractivity contribution >= 4 is 35.1 Å². The highest BCUT2D eigenvalue weighted by Crippen LogP contribution is 2.21. The molecule has 4 nitrogen and oxygen atoms in total. The summed E-state index contributed by atoms with van der Waals surface area (Å²) < 4.78 is 2.16. The summed E-state index contributed by atoms with van der Waals surface area (Å²) in [5.74, 6) is 0. The minimum absolute atomic E-state index is 0.484. The quantitative estimate of drug-likeness (QED) is 0.518. The summed E-state index contributed by atoms with van der Waals surface area (Å²) in [7, 11) is 1.75. The lowest BCUT2D eigenvalue weighted by molar-refractivity contribution is 0.962. The number of aryl methyl sites for hydroxylation is 1. The zero-order chi connectivity index (χ0) is 15.4. The van der Waals surface area contributed by atoms with E-state index in [2.05, 4.69) is 40.3 Å². The van der Waals surface area contributed by atoms with Gasteiger partial charge in [-0.3, -0.25) is 5.43 Å². The summed E-state index contributed by atoms with van der Waals surface area (Å²) in [6, 6.07) is 9.85. The van der Waals surface area contributed by atoms with Crippen molar-refractivity contribution in [2.24, 2.45) is 5.10 Å². The zero-order valence-electron chi connectivity index (χ0n) is 12.1. The van der Waals surface area contributed by atoms with Gasteiger partial charge in [-0.05, 0) is 56.4 Å². The van der Waals surface area contributed by atoms with Gasteiger partial charge in [-0.15, -0.1) is 0 Å². The number of benzene rings is 1. The maximum Gasteiger partial charge on any atom is 0.186 e. The normalized spacial score (nSPS) is 10.9. The number of thiocarbonyl (C=S) groups is 1. The van der Waals surface area contributed by atoms with E-state index in [-0.39, 0.29) is 0 Å². The first-order chi connectivity index (χ1) is 10.0. The molecule has 2 N–H and O–H groups in total. The molecule has 0 spiro atoms. The molecule has 0 aliphatic rings. The van der Waals surface area contributed by atoms with Gasteiger partial charge >= 0.3 is 0 Å². The largest absolute Gasteiger partial charge is 0.364 e. The van der Waals surface area contributed by atoms with Crippen molar-refractivity contribution in [1.82, 2.24) is 15.3 Å². The van der Waals surface area contributed by atoms with Crippen LogP contribution in [0, 0.1) is 13.8 Å². The topological polar surface area (TPSA) is 41.4 Å².